The van der Waals surface area contributed by atoms with Gasteiger partial charge in [0.25, 0.3) is 0 Å². The number of nitrogens with zero attached hydrogens (tertiary/aromatic N) is 5. The van der Waals surface area contributed by atoms with Gasteiger partial charge in [0.2, 0.25) is 5.91 Å². The van der Waals surface area contributed by atoms with Gasteiger partial charge in [-0.25, -0.2) is 15.0 Å². The van der Waals surface area contributed by atoms with Gasteiger partial charge >= 0.3 is 0 Å². The van der Waals surface area contributed by atoms with Crippen LogP contribution >= 0.6 is 22.6 Å². The van der Waals surface area contributed by atoms with Crippen molar-refractivity contribution in [1.82, 2.24) is 19.9 Å². The number of rotatable bonds is 5. The minimum absolute atomic E-state index is 0.0148. The summed E-state index contributed by atoms with van der Waals surface area (Å²) >= 11 is 2.22. The van der Waals surface area contributed by atoms with Crippen molar-refractivity contribution >= 4 is 34.3 Å². The molecule has 1 radical (unpaired) electrons. The first kappa shape index (κ1) is 18.3. The van der Waals surface area contributed by atoms with Crippen LogP contribution in [0.15, 0.2) is 6.33 Å². The molecule has 2 rings (SSSR count). The zero-order valence-electron chi connectivity index (χ0n) is 13.8. The number of amides is 1. The van der Waals surface area contributed by atoms with Crippen LogP contribution in [0.5, 0.6) is 0 Å². The SMILES string of the molecule is [CH2]N1CCN(c2ncnc(I)c2[C@H](C)CC(=O)N(C)OC)CC1. The maximum atomic E-state index is 12.1. The van der Waals surface area contributed by atoms with Crippen LogP contribution in [0.1, 0.15) is 24.8 Å². The average molecular weight is 432 g/mol. The number of piperazine rings is 1. The zero-order chi connectivity index (χ0) is 17.0. The van der Waals surface area contributed by atoms with E-state index in [1.807, 2.05) is 6.92 Å². The zero-order valence-corrected chi connectivity index (χ0v) is 16.0. The van der Waals surface area contributed by atoms with Gasteiger partial charge in [0.1, 0.15) is 15.8 Å². The van der Waals surface area contributed by atoms with Gasteiger partial charge in [0.05, 0.1) is 7.11 Å². The van der Waals surface area contributed by atoms with E-state index in [0.717, 1.165) is 41.3 Å². The third-order valence-corrected chi connectivity index (χ3v) is 4.94. The fourth-order valence-corrected chi connectivity index (χ4v) is 3.49. The summed E-state index contributed by atoms with van der Waals surface area (Å²) in [6, 6.07) is 0. The number of carbonyl (C=O) groups is 1. The van der Waals surface area contributed by atoms with E-state index >= 15 is 0 Å². The van der Waals surface area contributed by atoms with E-state index in [0.29, 0.717) is 6.42 Å². The Morgan fingerprint density at radius 2 is 2.09 bits per heavy atom. The summed E-state index contributed by atoms with van der Waals surface area (Å²) in [6.45, 7) is 5.59. The molecule has 0 aromatic carbocycles. The Morgan fingerprint density at radius 1 is 1.43 bits per heavy atom. The lowest BCUT2D eigenvalue weighted by Gasteiger charge is -2.35. The highest BCUT2D eigenvalue weighted by atomic mass is 127. The molecule has 1 aromatic heterocycles. The molecular formula is C15H23IN5O2. The quantitative estimate of drug-likeness (QED) is 0.400. The van der Waals surface area contributed by atoms with Crippen molar-refractivity contribution in [2.45, 2.75) is 19.3 Å². The minimum atomic E-state index is -0.0619. The second-order valence-electron chi connectivity index (χ2n) is 5.69. The summed E-state index contributed by atoms with van der Waals surface area (Å²) in [6.07, 6.45) is 1.95. The predicted molar refractivity (Wildman–Crippen MR) is 96.7 cm³/mol. The largest absolute Gasteiger partial charge is 0.354 e. The molecule has 1 fully saturated rings. The molecule has 2 heterocycles. The van der Waals surface area contributed by atoms with Crippen molar-refractivity contribution in [3.63, 3.8) is 0 Å². The third kappa shape index (κ3) is 4.51. The summed E-state index contributed by atoms with van der Waals surface area (Å²) < 4.78 is 0.894. The van der Waals surface area contributed by atoms with Gasteiger partial charge < -0.3 is 4.90 Å². The molecule has 1 saturated heterocycles. The fourth-order valence-electron chi connectivity index (χ4n) is 2.60. The molecule has 0 unspecified atom stereocenters. The van der Waals surface area contributed by atoms with E-state index in [4.69, 9.17) is 4.84 Å². The first-order valence-corrected chi connectivity index (χ1v) is 8.63. The molecule has 0 saturated carbocycles. The van der Waals surface area contributed by atoms with Crippen LogP contribution in [0.25, 0.3) is 0 Å². The number of hydroxylamine groups is 2. The molecule has 1 aliphatic heterocycles. The number of hydrogen-bond acceptors (Lipinski definition) is 6. The molecule has 1 aliphatic rings. The Morgan fingerprint density at radius 3 is 2.70 bits per heavy atom. The second-order valence-corrected chi connectivity index (χ2v) is 6.71. The standard InChI is InChI=1S/C15H23IN5O2/c1-11(9-12(22)20(3)23-4)13-14(16)17-10-18-15(13)21-7-5-19(2)6-8-21/h10-11H,2,5-9H2,1,3-4H3/t11-/m1/s1. The molecule has 0 bridgehead atoms. The Bertz CT molecular complexity index is 549. The Kier molecular flexibility index (Phi) is 6.54. The Labute approximate surface area is 151 Å². The molecular weight excluding hydrogens is 409 g/mol. The molecule has 8 heteroatoms. The van der Waals surface area contributed by atoms with E-state index in [1.165, 1.54) is 12.2 Å². The van der Waals surface area contributed by atoms with Crippen LogP contribution in [-0.4, -0.2) is 66.2 Å². The Balaban J connectivity index is 2.22. The van der Waals surface area contributed by atoms with Gasteiger partial charge in [-0.3, -0.25) is 14.5 Å². The van der Waals surface area contributed by atoms with Crippen molar-refractivity contribution in [2.24, 2.45) is 0 Å². The van der Waals surface area contributed by atoms with E-state index in [2.05, 4.69) is 49.4 Å². The van der Waals surface area contributed by atoms with Crippen molar-refractivity contribution in [3.8, 4) is 0 Å². The van der Waals surface area contributed by atoms with Crippen LogP contribution in [0.2, 0.25) is 0 Å². The third-order valence-electron chi connectivity index (χ3n) is 4.08. The molecule has 23 heavy (non-hydrogen) atoms. The van der Waals surface area contributed by atoms with Crippen molar-refractivity contribution in [1.29, 1.82) is 0 Å². The van der Waals surface area contributed by atoms with Crippen LogP contribution in [0, 0.1) is 10.7 Å². The van der Waals surface area contributed by atoms with Crippen LogP contribution in [-0.2, 0) is 9.63 Å². The van der Waals surface area contributed by atoms with Crippen LogP contribution < -0.4 is 4.90 Å². The molecule has 1 amide bonds. The van der Waals surface area contributed by atoms with Gasteiger partial charge in [-0.2, -0.15) is 0 Å². The van der Waals surface area contributed by atoms with Gasteiger partial charge in [-0.1, -0.05) is 6.92 Å². The summed E-state index contributed by atoms with van der Waals surface area (Å²) in [5.41, 5.74) is 1.03. The lowest BCUT2D eigenvalue weighted by Crippen LogP contribution is -2.44. The maximum Gasteiger partial charge on any atom is 0.246 e. The van der Waals surface area contributed by atoms with E-state index in [-0.39, 0.29) is 11.8 Å². The first-order chi connectivity index (χ1) is 10.9. The van der Waals surface area contributed by atoms with Crippen LogP contribution in [0.3, 0.4) is 0 Å². The Hall–Kier alpha value is -1.00. The van der Waals surface area contributed by atoms with Gasteiger partial charge in [0.15, 0.2) is 0 Å². The second kappa shape index (κ2) is 8.20. The molecule has 0 spiro atoms. The highest BCUT2D eigenvalue weighted by Gasteiger charge is 2.25. The first-order valence-electron chi connectivity index (χ1n) is 7.55. The highest BCUT2D eigenvalue weighted by molar-refractivity contribution is 14.1. The molecule has 1 aromatic rings. The monoisotopic (exact) mass is 432 g/mol. The van der Waals surface area contributed by atoms with E-state index < -0.39 is 0 Å². The minimum Gasteiger partial charge on any atom is -0.354 e. The van der Waals surface area contributed by atoms with Crippen molar-refractivity contribution in [2.75, 3.05) is 45.2 Å². The molecule has 127 valence electrons. The smallest absolute Gasteiger partial charge is 0.246 e. The summed E-state index contributed by atoms with van der Waals surface area (Å²) in [5.74, 6) is 0.882. The number of carbonyl (C=O) groups excluding carboxylic acids is 1. The summed E-state index contributed by atoms with van der Waals surface area (Å²) in [4.78, 5) is 30.2. The van der Waals surface area contributed by atoms with E-state index in [9.17, 15) is 4.79 Å². The lowest BCUT2D eigenvalue weighted by atomic mass is 9.98. The van der Waals surface area contributed by atoms with E-state index in [1.54, 1.807) is 13.4 Å². The van der Waals surface area contributed by atoms with Crippen molar-refractivity contribution < 1.29 is 9.63 Å². The highest BCUT2D eigenvalue weighted by Crippen LogP contribution is 2.31. The normalized spacial score (nSPS) is 17.2. The molecule has 0 aliphatic carbocycles. The maximum absolute atomic E-state index is 12.1. The number of hydrogen-bond donors (Lipinski definition) is 0. The van der Waals surface area contributed by atoms with Gasteiger partial charge in [0, 0.05) is 52.3 Å². The molecule has 0 N–H and O–H groups in total. The van der Waals surface area contributed by atoms with Gasteiger partial charge in [-0.05, 0) is 28.5 Å². The summed E-state index contributed by atoms with van der Waals surface area (Å²) in [7, 11) is 7.09. The number of aromatic nitrogens is 2. The predicted octanol–water partition coefficient (Wildman–Crippen LogP) is 1.51. The number of anilines is 1. The molecule has 1 atom stereocenters. The topological polar surface area (TPSA) is 61.8 Å². The lowest BCUT2D eigenvalue weighted by molar-refractivity contribution is -0.169. The fraction of sp³-hybridized carbons (Fsp3) is 0.600. The summed E-state index contributed by atoms with van der Waals surface area (Å²) in [5, 5.41) is 1.26. The number of halogens is 1. The van der Waals surface area contributed by atoms with Crippen LogP contribution in [0.4, 0.5) is 5.82 Å². The molecule has 7 nitrogen and oxygen atoms in total. The average Bonchev–Trinajstić information content (AvgIpc) is 2.54. The van der Waals surface area contributed by atoms with Crippen molar-refractivity contribution in [3.05, 3.63) is 22.6 Å². The van der Waals surface area contributed by atoms with Gasteiger partial charge in [-0.15, -0.1) is 0 Å².